The molecule has 2 aromatic heterocycles. The number of carbonyl (C=O) groups is 1. The fourth-order valence-electron chi connectivity index (χ4n) is 4.60. The maximum atomic E-state index is 13.8. The van der Waals surface area contributed by atoms with Crippen LogP contribution in [0.3, 0.4) is 0 Å². The van der Waals surface area contributed by atoms with Crippen LogP contribution in [-0.4, -0.2) is 69.9 Å². The molecule has 1 fully saturated rings. The molecule has 2 aromatic carbocycles. The van der Waals surface area contributed by atoms with E-state index in [0.717, 1.165) is 63.3 Å². The highest BCUT2D eigenvalue weighted by molar-refractivity contribution is 6.04. The largest absolute Gasteiger partial charge is 0.379 e. The van der Waals surface area contributed by atoms with Crippen molar-refractivity contribution in [2.24, 2.45) is 0 Å². The number of carbonyl (C=O) groups excluding carboxylic acids is 1. The molecule has 220 valence electrons. The molecule has 3 N–H and O–H groups in total. The van der Waals surface area contributed by atoms with E-state index in [-0.39, 0.29) is 11.1 Å². The molecule has 1 aliphatic rings. The number of hydrogen-bond donors (Lipinski definition) is 3. The molecule has 1 aliphatic heterocycles. The maximum Gasteiger partial charge on any atom is 0.270 e. The number of nitrogens with zero attached hydrogens (tertiary/aromatic N) is 5. The molecule has 0 radical (unpaired) electrons. The Hall–Kier alpha value is -4.42. The third-order valence-corrected chi connectivity index (χ3v) is 6.93. The van der Waals surface area contributed by atoms with Crippen molar-refractivity contribution in [3.8, 4) is 5.82 Å². The van der Waals surface area contributed by atoms with Gasteiger partial charge in [0.05, 0.1) is 18.9 Å². The highest BCUT2D eigenvalue weighted by atomic mass is 19.3. The quantitative estimate of drug-likeness (QED) is 0.238. The lowest BCUT2D eigenvalue weighted by Gasteiger charge is -2.26. The van der Waals surface area contributed by atoms with E-state index in [1.165, 1.54) is 30.6 Å². The predicted octanol–water partition coefficient (Wildman–Crippen LogP) is 5.13. The lowest BCUT2D eigenvalue weighted by molar-refractivity contribution is 0.0174. The third-order valence-electron chi connectivity index (χ3n) is 6.93. The molecule has 5 rings (SSSR count). The van der Waals surface area contributed by atoms with Crippen molar-refractivity contribution in [2.75, 3.05) is 55.3 Å². The van der Waals surface area contributed by atoms with Crippen LogP contribution in [-0.2, 0) is 10.7 Å². The van der Waals surface area contributed by atoms with Gasteiger partial charge < -0.3 is 20.7 Å². The van der Waals surface area contributed by atoms with Gasteiger partial charge in [-0.1, -0.05) is 18.2 Å². The molecule has 0 unspecified atom stereocenters. The summed E-state index contributed by atoms with van der Waals surface area (Å²) in [6, 6.07) is 14.6. The molecule has 1 saturated heterocycles. The first-order valence-corrected chi connectivity index (χ1v) is 13.8. The van der Waals surface area contributed by atoms with Crippen molar-refractivity contribution < 1.29 is 18.3 Å². The zero-order chi connectivity index (χ0) is 29.7. The molecule has 0 spiro atoms. The first kappa shape index (κ1) is 29.1. The average Bonchev–Trinajstić information content (AvgIpc) is 3.35. The SMILES string of the molecule is Cc1cc(Nc2cc(NC(=O)c3cccc(C(C)(F)F)c3)ccc2C)n(-c2cc(NCCN3CCOCC3)ncn2)n1. The number of morpholine rings is 1. The van der Waals surface area contributed by atoms with Gasteiger partial charge in [0.15, 0.2) is 5.82 Å². The highest BCUT2D eigenvalue weighted by Crippen LogP contribution is 2.29. The number of ether oxygens (including phenoxy) is 1. The van der Waals surface area contributed by atoms with Crippen LogP contribution in [0.4, 0.5) is 31.8 Å². The Morgan fingerprint density at radius 2 is 1.86 bits per heavy atom. The van der Waals surface area contributed by atoms with Crippen LogP contribution in [0.5, 0.6) is 0 Å². The number of rotatable bonds is 10. The molecule has 4 aromatic rings. The summed E-state index contributed by atoms with van der Waals surface area (Å²) in [7, 11) is 0. The van der Waals surface area contributed by atoms with Crippen molar-refractivity contribution in [3.05, 3.63) is 83.3 Å². The van der Waals surface area contributed by atoms with Gasteiger partial charge in [-0.25, -0.2) is 18.7 Å². The Kier molecular flexibility index (Phi) is 8.74. The molecule has 0 atom stereocenters. The van der Waals surface area contributed by atoms with Gasteiger partial charge in [0.2, 0.25) is 0 Å². The molecular formula is C30H34F2N8O2. The van der Waals surface area contributed by atoms with Gasteiger partial charge in [-0.2, -0.15) is 9.78 Å². The van der Waals surface area contributed by atoms with E-state index in [1.807, 2.05) is 32.0 Å². The molecule has 1 amide bonds. The van der Waals surface area contributed by atoms with Crippen molar-refractivity contribution in [1.29, 1.82) is 0 Å². The van der Waals surface area contributed by atoms with Crippen molar-refractivity contribution in [3.63, 3.8) is 0 Å². The van der Waals surface area contributed by atoms with Crippen LogP contribution in [0.25, 0.3) is 5.82 Å². The maximum absolute atomic E-state index is 13.8. The Bertz CT molecular complexity index is 1550. The summed E-state index contributed by atoms with van der Waals surface area (Å²) in [6.45, 7) is 9.63. The van der Waals surface area contributed by atoms with Crippen LogP contribution in [0, 0.1) is 13.8 Å². The van der Waals surface area contributed by atoms with Crippen LogP contribution in [0.1, 0.15) is 34.1 Å². The topological polar surface area (TPSA) is 109 Å². The molecule has 0 saturated carbocycles. The van der Waals surface area contributed by atoms with Gasteiger partial charge in [0.25, 0.3) is 11.8 Å². The fraction of sp³-hybridized carbons (Fsp3) is 0.333. The summed E-state index contributed by atoms with van der Waals surface area (Å²) in [5.41, 5.74) is 2.90. The number of anilines is 4. The van der Waals surface area contributed by atoms with Crippen molar-refractivity contribution in [2.45, 2.75) is 26.7 Å². The second kappa shape index (κ2) is 12.6. The summed E-state index contributed by atoms with van der Waals surface area (Å²) in [6.07, 6.45) is 1.50. The Balaban J connectivity index is 1.30. The van der Waals surface area contributed by atoms with Gasteiger partial charge in [0, 0.05) is 67.7 Å². The molecule has 0 aliphatic carbocycles. The van der Waals surface area contributed by atoms with Crippen LogP contribution < -0.4 is 16.0 Å². The van der Waals surface area contributed by atoms with Gasteiger partial charge in [-0.3, -0.25) is 9.69 Å². The van der Waals surface area contributed by atoms with Gasteiger partial charge in [-0.05, 0) is 43.7 Å². The average molecular weight is 577 g/mol. The number of benzene rings is 2. The molecular weight excluding hydrogens is 542 g/mol. The zero-order valence-corrected chi connectivity index (χ0v) is 23.8. The van der Waals surface area contributed by atoms with E-state index in [9.17, 15) is 13.6 Å². The number of amides is 1. The Morgan fingerprint density at radius 3 is 2.64 bits per heavy atom. The number of halogens is 2. The number of aryl methyl sites for hydroxylation is 2. The summed E-state index contributed by atoms with van der Waals surface area (Å²) in [5.74, 6) is -1.56. The fourth-order valence-corrected chi connectivity index (χ4v) is 4.60. The van der Waals surface area contributed by atoms with Crippen LogP contribution in [0.2, 0.25) is 0 Å². The molecule has 10 nitrogen and oxygen atoms in total. The van der Waals surface area contributed by atoms with E-state index in [1.54, 1.807) is 16.8 Å². The molecule has 3 heterocycles. The summed E-state index contributed by atoms with van der Waals surface area (Å²) in [4.78, 5) is 24.0. The zero-order valence-electron chi connectivity index (χ0n) is 23.8. The van der Waals surface area contributed by atoms with E-state index < -0.39 is 11.8 Å². The number of aromatic nitrogens is 4. The Morgan fingerprint density at radius 1 is 1.05 bits per heavy atom. The normalized spacial score (nSPS) is 14.0. The molecule has 42 heavy (non-hydrogen) atoms. The number of hydrogen-bond acceptors (Lipinski definition) is 8. The van der Waals surface area contributed by atoms with Crippen LogP contribution >= 0.6 is 0 Å². The minimum Gasteiger partial charge on any atom is -0.379 e. The molecule has 0 bridgehead atoms. The van der Waals surface area contributed by atoms with E-state index in [4.69, 9.17) is 4.74 Å². The first-order valence-electron chi connectivity index (χ1n) is 13.8. The third kappa shape index (κ3) is 7.25. The number of nitrogens with one attached hydrogen (secondary N) is 3. The van der Waals surface area contributed by atoms with Crippen molar-refractivity contribution >= 4 is 28.9 Å². The van der Waals surface area contributed by atoms with Gasteiger partial charge in [-0.15, -0.1) is 0 Å². The van der Waals surface area contributed by atoms with E-state index in [0.29, 0.717) is 23.1 Å². The lowest BCUT2D eigenvalue weighted by Crippen LogP contribution is -2.39. The second-order valence-electron chi connectivity index (χ2n) is 10.3. The minimum atomic E-state index is -3.04. The van der Waals surface area contributed by atoms with E-state index >= 15 is 0 Å². The first-order chi connectivity index (χ1) is 20.2. The number of alkyl halides is 2. The predicted molar refractivity (Wildman–Crippen MR) is 158 cm³/mol. The van der Waals surface area contributed by atoms with E-state index in [2.05, 4.69) is 35.9 Å². The van der Waals surface area contributed by atoms with Gasteiger partial charge in [0.1, 0.15) is 18.0 Å². The second-order valence-corrected chi connectivity index (χ2v) is 10.3. The van der Waals surface area contributed by atoms with Crippen molar-refractivity contribution in [1.82, 2.24) is 24.6 Å². The van der Waals surface area contributed by atoms with Gasteiger partial charge >= 0.3 is 0 Å². The lowest BCUT2D eigenvalue weighted by atomic mass is 10.1. The molecule has 12 heteroatoms. The Labute approximate surface area is 243 Å². The summed E-state index contributed by atoms with van der Waals surface area (Å²) in [5, 5.41) is 14.2. The smallest absolute Gasteiger partial charge is 0.270 e. The summed E-state index contributed by atoms with van der Waals surface area (Å²) < 4.78 is 34.6. The monoisotopic (exact) mass is 576 g/mol. The van der Waals surface area contributed by atoms with Crippen LogP contribution in [0.15, 0.2) is 60.9 Å². The summed E-state index contributed by atoms with van der Waals surface area (Å²) >= 11 is 0. The standard InChI is InChI=1S/C30H34F2N8O2/c1-20-7-8-24(36-29(41)22-5-4-6-23(16-22)30(3,31)32)17-25(20)37-28-15-21(2)38-40(28)27-18-26(34-19-35-27)33-9-10-39-11-13-42-14-12-39/h4-8,15-19,37H,9-14H2,1-3H3,(H,36,41)(H,33,34,35). The minimum absolute atomic E-state index is 0.149. The highest BCUT2D eigenvalue weighted by Gasteiger charge is 2.25.